The molecule has 79 heavy (non-hydrogen) atoms. The quantitative estimate of drug-likeness (QED) is 0.0156. The van der Waals surface area contributed by atoms with Crippen molar-refractivity contribution in [1.82, 2.24) is 16.0 Å². The number of hydrogen-bond acceptors (Lipinski definition) is 12. The molecule has 0 rings (SSSR count). The molecule has 0 aromatic rings. The Bertz CT molecular complexity index is 1560. The second-order valence-electron chi connectivity index (χ2n) is 22.8. The zero-order valence-corrected chi connectivity index (χ0v) is 51.2. The number of amides is 3. The largest absolute Gasteiger partial charge is 0.480 e. The van der Waals surface area contributed by atoms with Crippen LogP contribution in [-0.4, -0.2) is 110 Å². The van der Waals surface area contributed by atoms with Crippen molar-refractivity contribution in [3.63, 3.8) is 0 Å². The van der Waals surface area contributed by atoms with Gasteiger partial charge in [-0.3, -0.25) is 28.8 Å². The van der Waals surface area contributed by atoms with Gasteiger partial charge in [0.25, 0.3) is 5.91 Å². The van der Waals surface area contributed by atoms with E-state index in [1.54, 1.807) is 0 Å². The van der Waals surface area contributed by atoms with Crippen molar-refractivity contribution >= 4 is 53.7 Å². The van der Waals surface area contributed by atoms with Gasteiger partial charge in [0.1, 0.15) is 18.1 Å². The van der Waals surface area contributed by atoms with E-state index in [1.165, 1.54) is 128 Å². The molecule has 0 aliphatic rings. The first kappa shape index (κ1) is 76.1. The number of carboxylic acids is 1. The molecule has 0 aromatic heterocycles. The molecule has 4 atom stereocenters. The molecule has 0 aliphatic heterocycles. The predicted octanol–water partition coefficient (Wildman–Crippen LogP) is 12.2. The van der Waals surface area contributed by atoms with Gasteiger partial charge in [0.2, 0.25) is 23.0 Å². The number of hydrogen-bond donors (Lipinski definition) is 9. The van der Waals surface area contributed by atoms with Crippen molar-refractivity contribution in [2.45, 2.75) is 339 Å². The number of rotatable bonds is 59. The number of aliphatic hydroxyl groups excluding tert-OH is 1. The average molecular weight is 1140 g/mol. The highest BCUT2D eigenvalue weighted by Crippen LogP contribution is 2.33. The Morgan fingerprint density at radius 1 is 0.392 bits per heavy atom. The van der Waals surface area contributed by atoms with E-state index in [2.05, 4.69) is 49.4 Å². The molecule has 0 bridgehead atoms. The van der Waals surface area contributed by atoms with E-state index in [0.717, 1.165) is 83.5 Å². The number of aliphatic carboxylic acids is 1. The number of carboxylic acid groups (broad SMARTS) is 1. The van der Waals surface area contributed by atoms with Crippen LogP contribution in [0.5, 0.6) is 0 Å². The van der Waals surface area contributed by atoms with Crippen LogP contribution in [0.1, 0.15) is 310 Å². The maximum absolute atomic E-state index is 14.7. The molecule has 0 saturated heterocycles. The zero-order valence-electron chi connectivity index (χ0n) is 50.3. The second-order valence-corrected chi connectivity index (χ2v) is 23.2. The Balaban J connectivity index is 6.51. The minimum Gasteiger partial charge on any atom is -0.480 e. The summed E-state index contributed by atoms with van der Waals surface area (Å²) in [7, 11) is 0. The summed E-state index contributed by atoms with van der Waals surface area (Å²) in [5.41, 5.74) is -1.59. The van der Waals surface area contributed by atoms with Crippen molar-refractivity contribution < 1.29 is 54.0 Å². The lowest BCUT2D eigenvalue weighted by molar-refractivity contribution is -0.192. The summed E-state index contributed by atoms with van der Waals surface area (Å²) in [6.07, 6.45) is 39.7. The van der Waals surface area contributed by atoms with E-state index in [0.29, 0.717) is 38.6 Å². The van der Waals surface area contributed by atoms with E-state index in [4.69, 9.17) is 5.73 Å². The molecule has 16 heteroatoms. The van der Waals surface area contributed by atoms with Crippen molar-refractivity contribution in [3.8, 4) is 0 Å². The number of aliphatic hydroxyl groups is 3. The third-order valence-electron chi connectivity index (χ3n) is 15.8. The van der Waals surface area contributed by atoms with Gasteiger partial charge in [-0.25, -0.2) is 4.79 Å². The van der Waals surface area contributed by atoms with Crippen LogP contribution in [0.2, 0.25) is 0 Å². The van der Waals surface area contributed by atoms with E-state index >= 15 is 0 Å². The van der Waals surface area contributed by atoms with Gasteiger partial charge >= 0.3 is 5.97 Å². The van der Waals surface area contributed by atoms with E-state index in [1.807, 2.05) is 0 Å². The van der Waals surface area contributed by atoms with Crippen molar-refractivity contribution in [3.05, 3.63) is 0 Å². The molecule has 0 saturated carbocycles. The van der Waals surface area contributed by atoms with Crippen LogP contribution in [-0.2, 0) is 33.6 Å². The lowest BCUT2D eigenvalue weighted by atomic mass is 9.70. The Kier molecular flexibility index (Phi) is 48.9. The molecule has 9 N–H and O–H groups in total. The monoisotopic (exact) mass is 1140 g/mol. The fourth-order valence-corrected chi connectivity index (χ4v) is 10.7. The molecule has 15 nitrogen and oxygen atoms in total. The summed E-state index contributed by atoms with van der Waals surface area (Å²) in [4.78, 5) is 97.4. The number of carbonyl (C=O) groups excluding carboxylic acids is 6. The van der Waals surface area contributed by atoms with Crippen molar-refractivity contribution in [2.75, 3.05) is 18.9 Å². The number of carbonyl (C=O) groups is 7. The van der Waals surface area contributed by atoms with E-state index in [-0.39, 0.29) is 38.5 Å². The molecule has 0 aromatic carbocycles. The highest BCUT2D eigenvalue weighted by molar-refractivity contribution is 7.80. The summed E-state index contributed by atoms with van der Waals surface area (Å²) in [6.45, 7) is 5.97. The first-order chi connectivity index (χ1) is 38.2. The summed E-state index contributed by atoms with van der Waals surface area (Å²) < 4.78 is 0. The summed E-state index contributed by atoms with van der Waals surface area (Å²) in [5.74, 6) is -9.13. The van der Waals surface area contributed by atoms with Gasteiger partial charge in [0.05, 0.1) is 6.61 Å². The molecular formula is C63H118N4O11S. The van der Waals surface area contributed by atoms with Crippen LogP contribution < -0.4 is 21.7 Å². The first-order valence-corrected chi connectivity index (χ1v) is 32.9. The van der Waals surface area contributed by atoms with Crippen LogP contribution in [0, 0.1) is 0 Å². The fraction of sp³-hybridized carbons (Fsp3) is 0.889. The zero-order chi connectivity index (χ0) is 58.8. The Morgan fingerprint density at radius 2 is 0.671 bits per heavy atom. The van der Waals surface area contributed by atoms with Gasteiger partial charge in [-0.2, -0.15) is 12.6 Å². The molecule has 0 spiro atoms. The minimum atomic E-state index is -3.64. The Morgan fingerprint density at radius 3 is 0.949 bits per heavy atom. The fourth-order valence-electron chi connectivity index (χ4n) is 10.5. The van der Waals surface area contributed by atoms with Crippen LogP contribution in [0.25, 0.3) is 0 Å². The highest BCUT2D eigenvalue weighted by atomic mass is 32.1. The molecule has 0 radical (unpaired) electrons. The third kappa shape index (κ3) is 34.3. The number of thiol groups is 1. The van der Waals surface area contributed by atoms with Gasteiger partial charge in [-0.1, -0.05) is 252 Å². The number of unbranched alkanes of at least 4 members (excludes halogenated alkanes) is 37. The van der Waals surface area contributed by atoms with E-state index < -0.39 is 89.1 Å². The first-order valence-electron chi connectivity index (χ1n) is 32.3. The smallest absolute Gasteiger partial charge is 0.326 e. The highest BCUT2D eigenvalue weighted by Gasteiger charge is 2.67. The maximum Gasteiger partial charge on any atom is 0.326 e. The lowest BCUT2D eigenvalue weighted by Gasteiger charge is -2.39. The number of ketones is 3. The molecule has 3 amide bonds. The standard InChI is InChI=1S/C63H118N4O11S/c1-4-7-10-13-16-19-22-25-28-31-34-37-40-46-55(69)62(77,56(70)47-41-38-35-32-29-26-23-20-17-14-11-8-5-2)63(78,57(71)48-42-39-36-33-30-27-24-21-18-15-12-9-6-3)61(76)67-54(51-79)59(73)66-53(50-68)58(72)65-52(60(74)75)45-43-44-49-64/h52-54,68,77-79H,4-51,64H2,1-3H3,(H,65,72)(H,66,73)(H,67,76)(H,74,75)/t52?,53?,54?,63-/m0/s1. The summed E-state index contributed by atoms with van der Waals surface area (Å²) in [5, 5.41) is 52.1. The number of Topliss-reactive ketones (excluding diaryl/α,β-unsaturated/α-hetero) is 3. The Labute approximate surface area is 485 Å². The lowest BCUT2D eigenvalue weighted by Crippen LogP contribution is -2.74. The van der Waals surface area contributed by atoms with Crippen LogP contribution in [0.3, 0.4) is 0 Å². The summed E-state index contributed by atoms with van der Waals surface area (Å²) >= 11 is 4.23. The van der Waals surface area contributed by atoms with Crippen LogP contribution >= 0.6 is 12.6 Å². The molecule has 0 fully saturated rings. The Hall–Kier alpha value is -2.92. The SMILES string of the molecule is CCCCCCCCCCCCCCCC(=O)C(O)(C(=O)CCCCCCCCCCCCCCC)[C@](O)(C(=O)CCCCCCCCCCCCCCC)C(=O)NC(CS)C(=O)NC(CO)C(=O)NC(CCCCN)C(=O)O. The number of nitrogens with one attached hydrogen (secondary N) is 3. The van der Waals surface area contributed by atoms with Gasteiger partial charge in [-0.05, 0) is 45.1 Å². The molecule has 462 valence electrons. The molecule has 3 unspecified atom stereocenters. The topological polar surface area (TPSA) is 263 Å². The normalized spacial score (nSPS) is 13.6. The maximum atomic E-state index is 14.7. The number of nitrogens with two attached hydrogens (primary N) is 1. The average Bonchev–Trinajstić information content (AvgIpc) is 3.57. The van der Waals surface area contributed by atoms with Gasteiger partial charge in [-0.15, -0.1) is 0 Å². The van der Waals surface area contributed by atoms with Gasteiger partial charge in [0, 0.05) is 25.0 Å². The molecule has 0 aliphatic carbocycles. The predicted molar refractivity (Wildman–Crippen MR) is 323 cm³/mol. The van der Waals surface area contributed by atoms with Gasteiger partial charge in [0.15, 0.2) is 17.3 Å². The van der Waals surface area contributed by atoms with Crippen molar-refractivity contribution in [1.29, 1.82) is 0 Å². The minimum absolute atomic E-state index is 0.0324. The summed E-state index contributed by atoms with van der Waals surface area (Å²) in [6, 6.07) is -4.78. The molecular weight excluding hydrogens is 1020 g/mol. The third-order valence-corrected chi connectivity index (χ3v) is 16.1. The van der Waals surface area contributed by atoms with Crippen molar-refractivity contribution in [2.24, 2.45) is 5.73 Å². The van der Waals surface area contributed by atoms with Crippen LogP contribution in [0.15, 0.2) is 0 Å². The van der Waals surface area contributed by atoms with Crippen LogP contribution in [0.4, 0.5) is 0 Å². The van der Waals surface area contributed by atoms with Gasteiger partial charge < -0.3 is 42.1 Å². The second kappa shape index (κ2) is 50.8. The molecule has 0 heterocycles. The van der Waals surface area contributed by atoms with E-state index in [9.17, 15) is 54.0 Å².